The van der Waals surface area contributed by atoms with Gasteiger partial charge in [0.2, 0.25) is 5.90 Å². The molecule has 1 aliphatic rings. The Hall–Kier alpha value is -5.15. The van der Waals surface area contributed by atoms with Gasteiger partial charge in [-0.1, -0.05) is 84.0 Å². The molecule has 0 spiro atoms. The van der Waals surface area contributed by atoms with Crippen molar-refractivity contribution in [2.75, 3.05) is 13.2 Å². The number of ether oxygens (including phenoxy) is 2. The molecule has 0 fully saturated rings. The van der Waals surface area contributed by atoms with Crippen molar-refractivity contribution in [3.63, 3.8) is 0 Å². The SMILES string of the molecule is [N-]=[N+]=Nc1ccccc1C[C@]1(C(=O)NO)N=C(c2ccc(OCCCO)cc2)O[C@H]1c1ccc(-c2ccccc2)cc1. The molecule has 1 amide bonds. The average Bonchev–Trinajstić information content (AvgIpc) is 3.43. The highest BCUT2D eigenvalue weighted by Crippen LogP contribution is 2.44. The monoisotopic (exact) mass is 563 g/mol. The molecule has 0 bridgehead atoms. The van der Waals surface area contributed by atoms with Crippen LogP contribution in [0.3, 0.4) is 0 Å². The topological polar surface area (TPSA) is 149 Å². The first-order valence-corrected chi connectivity index (χ1v) is 13.4. The van der Waals surface area contributed by atoms with Gasteiger partial charge >= 0.3 is 0 Å². The Balaban J connectivity index is 1.57. The van der Waals surface area contributed by atoms with Gasteiger partial charge in [-0.2, -0.15) is 0 Å². The molecule has 10 nitrogen and oxygen atoms in total. The summed E-state index contributed by atoms with van der Waals surface area (Å²) < 4.78 is 12.1. The maximum Gasteiger partial charge on any atom is 0.275 e. The van der Waals surface area contributed by atoms with E-state index in [0.29, 0.717) is 41.2 Å². The van der Waals surface area contributed by atoms with E-state index in [0.717, 1.165) is 11.1 Å². The molecule has 0 saturated carbocycles. The van der Waals surface area contributed by atoms with Crippen molar-refractivity contribution in [3.8, 4) is 16.9 Å². The number of nitrogens with one attached hydrogen (secondary N) is 1. The van der Waals surface area contributed by atoms with Crippen LogP contribution < -0.4 is 10.2 Å². The van der Waals surface area contributed by atoms with Gasteiger partial charge in [0.1, 0.15) is 5.75 Å². The molecule has 4 aromatic rings. The summed E-state index contributed by atoms with van der Waals surface area (Å²) in [5, 5.41) is 22.7. The maximum atomic E-state index is 13.6. The lowest BCUT2D eigenvalue weighted by Crippen LogP contribution is -2.49. The van der Waals surface area contributed by atoms with Gasteiger partial charge in [0, 0.05) is 35.6 Å². The van der Waals surface area contributed by atoms with Gasteiger partial charge in [0.25, 0.3) is 5.91 Å². The van der Waals surface area contributed by atoms with Gasteiger partial charge in [-0.15, -0.1) is 0 Å². The van der Waals surface area contributed by atoms with E-state index < -0.39 is 17.6 Å². The first-order chi connectivity index (χ1) is 20.6. The van der Waals surface area contributed by atoms with E-state index in [2.05, 4.69) is 10.0 Å². The van der Waals surface area contributed by atoms with Gasteiger partial charge in [0.05, 0.1) is 6.61 Å². The normalized spacial score (nSPS) is 17.5. The van der Waals surface area contributed by atoms with Crippen LogP contribution in [0.4, 0.5) is 5.69 Å². The molecule has 0 saturated heterocycles. The van der Waals surface area contributed by atoms with Crippen LogP contribution >= 0.6 is 0 Å². The number of carbonyl (C=O) groups excluding carboxylic acids is 1. The number of benzene rings is 4. The largest absolute Gasteiger partial charge is 0.494 e. The quantitative estimate of drug-likeness (QED) is 0.0506. The number of aliphatic imine (C=N–C) groups is 1. The summed E-state index contributed by atoms with van der Waals surface area (Å²) in [6.45, 7) is 0.410. The number of rotatable bonds is 11. The lowest BCUT2D eigenvalue weighted by molar-refractivity contribution is -0.137. The average molecular weight is 564 g/mol. The smallest absolute Gasteiger partial charge is 0.275 e. The third-order valence-electron chi connectivity index (χ3n) is 7.06. The second kappa shape index (κ2) is 13.0. The molecule has 0 unspecified atom stereocenters. The molecular formula is C32H29N5O5. The number of aliphatic hydroxyl groups excluding tert-OH is 1. The molecule has 212 valence electrons. The highest BCUT2D eigenvalue weighted by atomic mass is 16.5. The molecule has 4 aromatic carbocycles. The number of aliphatic hydroxyl groups is 1. The van der Waals surface area contributed by atoms with Crippen molar-refractivity contribution in [1.82, 2.24) is 5.48 Å². The number of amides is 1. The molecule has 5 rings (SSSR count). The molecule has 42 heavy (non-hydrogen) atoms. The molecule has 10 heteroatoms. The van der Waals surface area contributed by atoms with Crippen LogP contribution in [0.5, 0.6) is 5.75 Å². The summed E-state index contributed by atoms with van der Waals surface area (Å²) in [4.78, 5) is 21.3. The van der Waals surface area contributed by atoms with Crippen LogP contribution in [0.25, 0.3) is 21.6 Å². The van der Waals surface area contributed by atoms with Crippen LogP contribution in [0.1, 0.15) is 29.2 Å². The van der Waals surface area contributed by atoms with Crippen LogP contribution in [0, 0.1) is 0 Å². The Morgan fingerprint density at radius 1 is 0.952 bits per heavy atom. The number of hydrogen-bond acceptors (Lipinski definition) is 7. The number of azide groups is 1. The Labute approximate surface area is 242 Å². The number of nitrogens with zero attached hydrogens (tertiary/aromatic N) is 4. The Kier molecular flexibility index (Phi) is 8.79. The van der Waals surface area contributed by atoms with E-state index >= 15 is 0 Å². The van der Waals surface area contributed by atoms with E-state index in [-0.39, 0.29) is 18.9 Å². The molecule has 1 aliphatic heterocycles. The molecule has 0 aromatic heterocycles. The van der Waals surface area contributed by atoms with Crippen molar-refractivity contribution < 1.29 is 24.6 Å². The summed E-state index contributed by atoms with van der Waals surface area (Å²) in [5.74, 6) is 0.0507. The van der Waals surface area contributed by atoms with Crippen molar-refractivity contribution in [2.45, 2.75) is 24.5 Å². The van der Waals surface area contributed by atoms with Crippen molar-refractivity contribution in [3.05, 3.63) is 130 Å². The number of hydrogen-bond donors (Lipinski definition) is 3. The van der Waals surface area contributed by atoms with Gasteiger partial charge in [-0.3, -0.25) is 10.0 Å². The van der Waals surface area contributed by atoms with E-state index in [9.17, 15) is 10.0 Å². The van der Waals surface area contributed by atoms with Crippen LogP contribution in [-0.2, 0) is 16.0 Å². The third kappa shape index (κ3) is 5.96. The minimum atomic E-state index is -1.64. The first kappa shape index (κ1) is 28.4. The lowest BCUT2D eigenvalue weighted by atomic mass is 9.81. The number of hydroxylamine groups is 1. The number of carbonyl (C=O) groups is 1. The van der Waals surface area contributed by atoms with Crippen LogP contribution in [-0.4, -0.2) is 40.9 Å². The zero-order valence-electron chi connectivity index (χ0n) is 22.6. The zero-order valence-corrected chi connectivity index (χ0v) is 22.6. The van der Waals surface area contributed by atoms with E-state index in [4.69, 9.17) is 25.1 Å². The minimum absolute atomic E-state index is 0.0223. The van der Waals surface area contributed by atoms with Crippen molar-refractivity contribution in [2.24, 2.45) is 10.1 Å². The third-order valence-corrected chi connectivity index (χ3v) is 7.06. The van der Waals surface area contributed by atoms with E-state index in [1.807, 2.05) is 54.6 Å². The predicted octanol–water partition coefficient (Wildman–Crippen LogP) is 6.06. The Bertz CT molecular complexity index is 1600. The second-order valence-electron chi connectivity index (χ2n) is 9.71. The summed E-state index contributed by atoms with van der Waals surface area (Å²) in [6, 6.07) is 31.5. The van der Waals surface area contributed by atoms with E-state index in [1.54, 1.807) is 54.0 Å². The van der Waals surface area contributed by atoms with Crippen LogP contribution in [0.2, 0.25) is 0 Å². The standard InChI is InChI=1S/C32H29N5O5/c33-37-35-28-10-5-4-9-26(28)21-32(31(39)36-40)29(24-13-11-23(12-14-24)22-7-2-1-3-8-22)42-30(34-32)25-15-17-27(18-16-25)41-20-6-19-38/h1-5,7-18,29,38,40H,6,19-21H2,(H,36,39)/t29-,32-/m0/s1. The Morgan fingerprint density at radius 2 is 1.62 bits per heavy atom. The zero-order chi connectivity index (χ0) is 29.4. The van der Waals surface area contributed by atoms with E-state index in [1.165, 1.54) is 0 Å². The molecule has 3 N–H and O–H groups in total. The minimum Gasteiger partial charge on any atom is -0.494 e. The molecule has 0 aliphatic carbocycles. The summed E-state index contributed by atoms with van der Waals surface area (Å²) >= 11 is 0. The van der Waals surface area contributed by atoms with Gasteiger partial charge in [-0.25, -0.2) is 10.5 Å². The molecule has 2 atom stereocenters. The fraction of sp³-hybridized carbons (Fsp3) is 0.188. The fourth-order valence-electron chi connectivity index (χ4n) is 4.96. The maximum absolute atomic E-state index is 13.6. The van der Waals surface area contributed by atoms with Gasteiger partial charge < -0.3 is 14.6 Å². The summed E-state index contributed by atoms with van der Waals surface area (Å²) in [7, 11) is 0. The van der Waals surface area contributed by atoms with Gasteiger partial charge in [0.15, 0.2) is 11.6 Å². The highest BCUT2D eigenvalue weighted by molar-refractivity contribution is 6.01. The summed E-state index contributed by atoms with van der Waals surface area (Å²) in [5.41, 5.74) is 13.5. The van der Waals surface area contributed by atoms with Crippen molar-refractivity contribution >= 4 is 17.5 Å². The summed E-state index contributed by atoms with van der Waals surface area (Å²) in [6.07, 6.45) is -0.437. The van der Waals surface area contributed by atoms with Crippen molar-refractivity contribution in [1.29, 1.82) is 0 Å². The highest BCUT2D eigenvalue weighted by Gasteiger charge is 2.53. The van der Waals surface area contributed by atoms with Gasteiger partial charge in [-0.05, 0) is 52.1 Å². The molecular weight excluding hydrogens is 534 g/mol. The molecule has 1 heterocycles. The lowest BCUT2D eigenvalue weighted by Gasteiger charge is -2.30. The second-order valence-corrected chi connectivity index (χ2v) is 9.71. The fourth-order valence-corrected chi connectivity index (χ4v) is 4.96. The van der Waals surface area contributed by atoms with Crippen LogP contribution in [0.15, 0.2) is 113 Å². The predicted molar refractivity (Wildman–Crippen MR) is 157 cm³/mol. The molecule has 0 radical (unpaired) electrons. The Morgan fingerprint density at radius 3 is 2.31 bits per heavy atom. The first-order valence-electron chi connectivity index (χ1n) is 13.4.